The first-order chi connectivity index (χ1) is 6.17. The normalized spacial score (nSPS) is 8.92. The quantitative estimate of drug-likeness (QED) is 0.391. The van der Waals surface area contributed by atoms with Crippen LogP contribution in [-0.4, -0.2) is 12.0 Å². The summed E-state index contributed by atoms with van der Waals surface area (Å²) in [7, 11) is 1.43. The van der Waals surface area contributed by atoms with Gasteiger partial charge in [0.1, 0.15) is 5.75 Å². The first-order valence-corrected chi connectivity index (χ1v) is 3.47. The minimum Gasteiger partial charge on any atom is -0.496 e. The number of nitro groups is 1. The van der Waals surface area contributed by atoms with Gasteiger partial charge >= 0.3 is 0 Å². The van der Waals surface area contributed by atoms with E-state index in [2.05, 4.69) is 5.92 Å². The molecule has 0 aliphatic rings. The van der Waals surface area contributed by atoms with Crippen LogP contribution < -0.4 is 4.74 Å². The highest BCUT2D eigenvalue weighted by Crippen LogP contribution is 2.21. The van der Waals surface area contributed by atoms with Gasteiger partial charge in [-0.05, 0) is 6.07 Å². The maximum absolute atomic E-state index is 10.4. The number of ether oxygens (including phenoxy) is 1. The summed E-state index contributed by atoms with van der Waals surface area (Å²) in [6.45, 7) is 0. The van der Waals surface area contributed by atoms with Crippen molar-refractivity contribution in [2.45, 2.75) is 0 Å². The van der Waals surface area contributed by atoms with Crippen molar-refractivity contribution in [1.29, 1.82) is 0 Å². The van der Waals surface area contributed by atoms with Crippen molar-refractivity contribution in [1.82, 2.24) is 0 Å². The Labute approximate surface area is 75.3 Å². The lowest BCUT2D eigenvalue weighted by molar-refractivity contribution is -0.384. The van der Waals surface area contributed by atoms with E-state index in [0.717, 1.165) is 0 Å². The van der Waals surface area contributed by atoms with Crippen LogP contribution in [0.3, 0.4) is 0 Å². The molecule has 0 bridgehead atoms. The van der Waals surface area contributed by atoms with E-state index < -0.39 is 4.92 Å². The van der Waals surface area contributed by atoms with Crippen LogP contribution in [0, 0.1) is 22.5 Å². The van der Waals surface area contributed by atoms with Crippen LogP contribution in [0.25, 0.3) is 0 Å². The summed E-state index contributed by atoms with van der Waals surface area (Å²) < 4.78 is 4.85. The molecule has 1 rings (SSSR count). The van der Waals surface area contributed by atoms with Crippen molar-refractivity contribution < 1.29 is 9.66 Å². The van der Waals surface area contributed by atoms with Gasteiger partial charge in [-0.25, -0.2) is 0 Å². The molecular formula is C9H7NO3. The van der Waals surface area contributed by atoms with Crippen LogP contribution in [-0.2, 0) is 0 Å². The third kappa shape index (κ3) is 1.97. The second kappa shape index (κ2) is 3.59. The molecule has 0 aliphatic heterocycles. The summed E-state index contributed by atoms with van der Waals surface area (Å²) in [5.41, 5.74) is 0.373. The topological polar surface area (TPSA) is 52.4 Å². The van der Waals surface area contributed by atoms with Gasteiger partial charge in [0.05, 0.1) is 18.1 Å². The zero-order valence-corrected chi connectivity index (χ0v) is 6.98. The molecule has 0 spiro atoms. The molecule has 0 amide bonds. The zero-order valence-electron chi connectivity index (χ0n) is 6.98. The Hall–Kier alpha value is -2.02. The lowest BCUT2D eigenvalue weighted by Crippen LogP contribution is -1.91. The van der Waals surface area contributed by atoms with Gasteiger partial charge in [0.25, 0.3) is 5.69 Å². The maximum Gasteiger partial charge on any atom is 0.274 e. The van der Waals surface area contributed by atoms with Crippen LogP contribution in [0.4, 0.5) is 5.69 Å². The molecule has 0 N–H and O–H groups in total. The molecule has 13 heavy (non-hydrogen) atoms. The van der Waals surface area contributed by atoms with Gasteiger partial charge in [0, 0.05) is 11.6 Å². The maximum atomic E-state index is 10.4. The van der Waals surface area contributed by atoms with E-state index in [-0.39, 0.29) is 5.69 Å². The summed E-state index contributed by atoms with van der Waals surface area (Å²) in [6.07, 6.45) is 5.11. The minimum atomic E-state index is -0.511. The van der Waals surface area contributed by atoms with Crippen LogP contribution in [0.1, 0.15) is 5.56 Å². The highest BCUT2D eigenvalue weighted by Gasteiger charge is 2.08. The summed E-state index contributed by atoms with van der Waals surface area (Å²) in [5, 5.41) is 10.4. The molecule has 0 atom stereocenters. The van der Waals surface area contributed by atoms with Gasteiger partial charge in [0.2, 0.25) is 0 Å². The number of hydrogen-bond donors (Lipinski definition) is 0. The van der Waals surface area contributed by atoms with E-state index in [4.69, 9.17) is 11.2 Å². The Morgan fingerprint density at radius 1 is 1.54 bits per heavy atom. The second-order valence-electron chi connectivity index (χ2n) is 2.32. The van der Waals surface area contributed by atoms with Crippen LogP contribution in [0.15, 0.2) is 18.2 Å². The molecule has 1 aromatic carbocycles. The number of nitro benzene ring substituents is 1. The highest BCUT2D eigenvalue weighted by atomic mass is 16.6. The Balaban J connectivity index is 3.24. The molecule has 0 saturated carbocycles. The van der Waals surface area contributed by atoms with Gasteiger partial charge in [-0.3, -0.25) is 10.1 Å². The fraction of sp³-hybridized carbons (Fsp3) is 0.111. The van der Waals surface area contributed by atoms with E-state index in [1.165, 1.54) is 19.2 Å². The smallest absolute Gasteiger partial charge is 0.274 e. The predicted molar refractivity (Wildman–Crippen MR) is 47.6 cm³/mol. The molecule has 0 aromatic heterocycles. The average molecular weight is 177 g/mol. The minimum absolute atomic E-state index is 0.0627. The van der Waals surface area contributed by atoms with Crippen molar-refractivity contribution in [3.63, 3.8) is 0 Å². The predicted octanol–water partition coefficient (Wildman–Crippen LogP) is 1.58. The molecule has 4 nitrogen and oxygen atoms in total. The van der Waals surface area contributed by atoms with Crippen LogP contribution in [0.5, 0.6) is 5.75 Å². The van der Waals surface area contributed by atoms with Gasteiger partial charge in [-0.1, -0.05) is 5.92 Å². The number of terminal acetylenes is 1. The number of hydrogen-bond acceptors (Lipinski definition) is 3. The average Bonchev–Trinajstić information content (AvgIpc) is 2.16. The van der Waals surface area contributed by atoms with Crippen LogP contribution >= 0.6 is 0 Å². The van der Waals surface area contributed by atoms with Gasteiger partial charge < -0.3 is 4.74 Å². The Morgan fingerprint density at radius 2 is 2.23 bits per heavy atom. The number of rotatable bonds is 2. The van der Waals surface area contributed by atoms with E-state index in [1.807, 2.05) is 0 Å². The Bertz CT molecular complexity index is 379. The fourth-order valence-electron chi connectivity index (χ4n) is 0.890. The molecule has 66 valence electrons. The number of methoxy groups -OCH3 is 1. The monoisotopic (exact) mass is 177 g/mol. The molecular weight excluding hydrogens is 170 g/mol. The standard InChI is InChI=1S/C9H7NO3/c1-3-7-4-8(10(11)12)6-9(5-7)13-2/h1,4-6H,2H3. The lowest BCUT2D eigenvalue weighted by atomic mass is 10.2. The molecule has 4 heteroatoms. The van der Waals surface area contributed by atoms with Crippen molar-refractivity contribution in [3.8, 4) is 18.1 Å². The van der Waals surface area contributed by atoms with Crippen molar-refractivity contribution in [2.75, 3.05) is 7.11 Å². The van der Waals surface area contributed by atoms with Crippen molar-refractivity contribution in [3.05, 3.63) is 33.9 Å². The molecule has 1 aromatic rings. The largest absolute Gasteiger partial charge is 0.496 e. The summed E-state index contributed by atoms with van der Waals surface area (Å²) in [5.74, 6) is 2.70. The summed E-state index contributed by atoms with van der Waals surface area (Å²) >= 11 is 0. The van der Waals surface area contributed by atoms with Crippen molar-refractivity contribution >= 4 is 5.69 Å². The van der Waals surface area contributed by atoms with Gasteiger partial charge in [0.15, 0.2) is 0 Å². The third-order valence-corrected chi connectivity index (χ3v) is 1.50. The molecule has 0 heterocycles. The van der Waals surface area contributed by atoms with E-state index in [9.17, 15) is 10.1 Å². The Morgan fingerprint density at radius 3 is 2.69 bits per heavy atom. The van der Waals surface area contributed by atoms with E-state index in [1.54, 1.807) is 6.07 Å². The highest BCUT2D eigenvalue weighted by molar-refractivity contribution is 5.48. The zero-order chi connectivity index (χ0) is 9.84. The Kier molecular flexibility index (Phi) is 2.50. The first-order valence-electron chi connectivity index (χ1n) is 3.47. The number of nitrogens with zero attached hydrogens (tertiary/aromatic N) is 1. The van der Waals surface area contributed by atoms with Gasteiger partial charge in [-0.2, -0.15) is 0 Å². The number of non-ortho nitro benzene ring substituents is 1. The third-order valence-electron chi connectivity index (χ3n) is 1.50. The van der Waals surface area contributed by atoms with Crippen molar-refractivity contribution in [2.24, 2.45) is 0 Å². The second-order valence-corrected chi connectivity index (χ2v) is 2.32. The number of benzene rings is 1. The molecule has 0 aliphatic carbocycles. The molecule has 0 unspecified atom stereocenters. The van der Waals surface area contributed by atoms with Gasteiger partial charge in [-0.15, -0.1) is 6.42 Å². The SMILES string of the molecule is C#Cc1cc(OC)cc([N+](=O)[O-])c1. The summed E-state index contributed by atoms with van der Waals surface area (Å²) in [6, 6.07) is 4.20. The first kappa shape index (κ1) is 9.07. The molecule has 0 saturated heterocycles. The van der Waals surface area contributed by atoms with E-state index >= 15 is 0 Å². The lowest BCUT2D eigenvalue weighted by Gasteiger charge is -1.99. The van der Waals surface area contributed by atoms with E-state index in [0.29, 0.717) is 11.3 Å². The summed E-state index contributed by atoms with van der Waals surface area (Å²) in [4.78, 5) is 9.91. The molecule has 0 radical (unpaired) electrons. The molecule has 0 fully saturated rings. The van der Waals surface area contributed by atoms with Crippen LogP contribution in [0.2, 0.25) is 0 Å². The fourth-order valence-corrected chi connectivity index (χ4v) is 0.890.